The average Bonchev–Trinajstić information content (AvgIpc) is 2.80. The fourth-order valence-corrected chi connectivity index (χ4v) is 2.27. The van der Waals surface area contributed by atoms with Crippen LogP contribution in [0.25, 0.3) is 0 Å². The number of halogens is 1. The van der Waals surface area contributed by atoms with Crippen LogP contribution >= 0.6 is 0 Å². The number of hydrogen-bond acceptors (Lipinski definition) is 4. The first-order valence-corrected chi connectivity index (χ1v) is 6.66. The molecule has 0 N–H and O–H groups in total. The van der Waals surface area contributed by atoms with E-state index < -0.39 is 0 Å². The van der Waals surface area contributed by atoms with Gasteiger partial charge in [0.2, 0.25) is 0 Å². The van der Waals surface area contributed by atoms with Crippen LogP contribution in [0.5, 0.6) is 0 Å². The lowest BCUT2D eigenvalue weighted by Crippen LogP contribution is -2.18. The van der Waals surface area contributed by atoms with E-state index in [0.717, 1.165) is 17.1 Å². The molecule has 104 valence electrons. The lowest BCUT2D eigenvalue weighted by Gasteiger charge is -2.17. The molecule has 3 rings (SSSR count). The molecule has 0 radical (unpaired) electrons. The smallest absolute Gasteiger partial charge is 0.165 e. The van der Waals surface area contributed by atoms with E-state index in [0.29, 0.717) is 18.9 Å². The third kappa shape index (κ3) is 2.24. The van der Waals surface area contributed by atoms with E-state index in [9.17, 15) is 4.39 Å². The van der Waals surface area contributed by atoms with Crippen LogP contribution in [0, 0.1) is 5.82 Å². The van der Waals surface area contributed by atoms with Crippen LogP contribution in [-0.2, 0) is 18.5 Å². The Morgan fingerprint density at radius 2 is 2.00 bits per heavy atom. The molecule has 1 aliphatic rings. The second-order valence-electron chi connectivity index (χ2n) is 6.08. The molecule has 0 saturated heterocycles. The van der Waals surface area contributed by atoms with Crippen molar-refractivity contribution in [2.24, 2.45) is 0 Å². The first-order chi connectivity index (χ1) is 9.45. The molecule has 0 atom stereocenters. The van der Waals surface area contributed by atoms with E-state index in [-0.39, 0.29) is 11.2 Å². The predicted octanol–water partition coefficient (Wildman–Crippen LogP) is 2.83. The van der Waals surface area contributed by atoms with Crippen LogP contribution in [0.1, 0.15) is 37.9 Å². The van der Waals surface area contributed by atoms with Crippen molar-refractivity contribution >= 4 is 5.82 Å². The first-order valence-electron chi connectivity index (χ1n) is 6.66. The standard InChI is InChI=1S/C15H17FN4/c1-15(2,3)14-18-7-10-8-20(9-12(10)19-14)13-11(16)5-4-6-17-13/h4-7H,8-9H2,1-3H3. The number of hydrogen-bond donors (Lipinski definition) is 0. The highest BCUT2D eigenvalue weighted by atomic mass is 19.1. The maximum atomic E-state index is 13.8. The number of rotatable bonds is 1. The lowest BCUT2D eigenvalue weighted by molar-refractivity contribution is 0.541. The van der Waals surface area contributed by atoms with E-state index in [2.05, 4.69) is 35.7 Å². The molecule has 2 aromatic heterocycles. The van der Waals surface area contributed by atoms with Gasteiger partial charge in [-0.25, -0.2) is 19.3 Å². The van der Waals surface area contributed by atoms with E-state index in [1.165, 1.54) is 6.07 Å². The van der Waals surface area contributed by atoms with Gasteiger partial charge in [-0.3, -0.25) is 0 Å². The van der Waals surface area contributed by atoms with Crippen molar-refractivity contribution in [3.05, 3.63) is 47.4 Å². The molecule has 20 heavy (non-hydrogen) atoms. The molecule has 0 bridgehead atoms. The number of anilines is 1. The summed E-state index contributed by atoms with van der Waals surface area (Å²) in [5, 5.41) is 0. The van der Waals surface area contributed by atoms with E-state index >= 15 is 0 Å². The van der Waals surface area contributed by atoms with Gasteiger partial charge in [0.25, 0.3) is 0 Å². The molecule has 0 aliphatic carbocycles. The van der Waals surface area contributed by atoms with E-state index in [1.54, 1.807) is 12.3 Å². The van der Waals surface area contributed by atoms with Crippen molar-refractivity contribution < 1.29 is 4.39 Å². The Hall–Kier alpha value is -2.04. The molecule has 0 aromatic carbocycles. The average molecular weight is 272 g/mol. The van der Waals surface area contributed by atoms with Gasteiger partial charge in [-0.1, -0.05) is 20.8 Å². The minimum Gasteiger partial charge on any atom is -0.344 e. The quantitative estimate of drug-likeness (QED) is 0.800. The van der Waals surface area contributed by atoms with Crippen LogP contribution in [-0.4, -0.2) is 15.0 Å². The van der Waals surface area contributed by atoms with Crippen LogP contribution in [0.2, 0.25) is 0 Å². The number of aromatic nitrogens is 3. The van der Waals surface area contributed by atoms with Gasteiger partial charge >= 0.3 is 0 Å². The fraction of sp³-hybridized carbons (Fsp3) is 0.400. The van der Waals surface area contributed by atoms with E-state index in [4.69, 9.17) is 0 Å². The molecule has 0 unspecified atom stereocenters. The molecule has 5 heteroatoms. The number of pyridine rings is 1. The van der Waals surface area contributed by atoms with Crippen molar-refractivity contribution in [3.63, 3.8) is 0 Å². The summed E-state index contributed by atoms with van der Waals surface area (Å²) in [6.07, 6.45) is 3.46. The summed E-state index contributed by atoms with van der Waals surface area (Å²) in [4.78, 5) is 15.1. The molecular weight excluding hydrogens is 255 g/mol. The highest BCUT2D eigenvalue weighted by Gasteiger charge is 2.26. The van der Waals surface area contributed by atoms with Gasteiger partial charge in [-0.2, -0.15) is 0 Å². The van der Waals surface area contributed by atoms with Gasteiger partial charge in [0.1, 0.15) is 5.82 Å². The molecule has 3 heterocycles. The van der Waals surface area contributed by atoms with E-state index in [1.807, 2.05) is 11.1 Å². The predicted molar refractivity (Wildman–Crippen MR) is 74.8 cm³/mol. The SMILES string of the molecule is CC(C)(C)c1ncc2c(n1)CN(c1ncccc1F)C2. The zero-order chi connectivity index (χ0) is 14.3. The van der Waals surface area contributed by atoms with Gasteiger partial charge < -0.3 is 4.90 Å². The van der Waals surface area contributed by atoms with Crippen LogP contribution in [0.15, 0.2) is 24.5 Å². The molecule has 0 spiro atoms. The molecule has 0 saturated carbocycles. The van der Waals surface area contributed by atoms with Gasteiger partial charge in [-0.05, 0) is 12.1 Å². The number of fused-ring (bicyclic) bond motifs is 1. The molecule has 1 aliphatic heterocycles. The molecule has 0 amide bonds. The molecule has 2 aromatic rings. The Bertz CT molecular complexity index is 649. The van der Waals surface area contributed by atoms with Crippen LogP contribution in [0.4, 0.5) is 10.2 Å². The largest absolute Gasteiger partial charge is 0.344 e. The van der Waals surface area contributed by atoms with Gasteiger partial charge in [0.05, 0.1) is 12.2 Å². The van der Waals surface area contributed by atoms with Crippen LogP contribution in [0.3, 0.4) is 0 Å². The summed E-state index contributed by atoms with van der Waals surface area (Å²) in [6, 6.07) is 3.02. The molecule has 0 fully saturated rings. The maximum absolute atomic E-state index is 13.8. The summed E-state index contributed by atoms with van der Waals surface area (Å²) in [5.41, 5.74) is 1.93. The second-order valence-corrected chi connectivity index (χ2v) is 6.08. The number of nitrogens with zero attached hydrogens (tertiary/aromatic N) is 4. The van der Waals surface area contributed by atoms with Crippen molar-refractivity contribution in [2.75, 3.05) is 4.90 Å². The minimum atomic E-state index is -0.302. The van der Waals surface area contributed by atoms with Gasteiger partial charge in [0.15, 0.2) is 11.6 Å². The highest BCUT2D eigenvalue weighted by Crippen LogP contribution is 2.28. The van der Waals surface area contributed by atoms with Crippen molar-refractivity contribution in [2.45, 2.75) is 39.3 Å². The zero-order valence-corrected chi connectivity index (χ0v) is 11.9. The Labute approximate surface area is 117 Å². The second kappa shape index (κ2) is 4.51. The topological polar surface area (TPSA) is 41.9 Å². The summed E-state index contributed by atoms with van der Waals surface area (Å²) < 4.78 is 13.8. The summed E-state index contributed by atoms with van der Waals surface area (Å²) in [5.74, 6) is 0.895. The Balaban J connectivity index is 1.91. The summed E-state index contributed by atoms with van der Waals surface area (Å²) in [6.45, 7) is 7.43. The molecule has 4 nitrogen and oxygen atoms in total. The third-order valence-electron chi connectivity index (χ3n) is 3.37. The summed E-state index contributed by atoms with van der Waals surface area (Å²) in [7, 11) is 0. The molecular formula is C15H17FN4. The first kappa shape index (κ1) is 13.0. The Morgan fingerprint density at radius 3 is 2.70 bits per heavy atom. The van der Waals surface area contributed by atoms with Gasteiger partial charge in [0, 0.05) is 29.9 Å². The normalized spacial score (nSPS) is 14.5. The Kier molecular flexibility index (Phi) is 2.92. The lowest BCUT2D eigenvalue weighted by atomic mass is 9.95. The Morgan fingerprint density at radius 1 is 1.20 bits per heavy atom. The third-order valence-corrected chi connectivity index (χ3v) is 3.37. The van der Waals surface area contributed by atoms with Crippen LogP contribution < -0.4 is 4.90 Å². The fourth-order valence-electron chi connectivity index (χ4n) is 2.27. The monoisotopic (exact) mass is 272 g/mol. The highest BCUT2D eigenvalue weighted by molar-refractivity contribution is 5.45. The minimum absolute atomic E-state index is 0.0846. The maximum Gasteiger partial charge on any atom is 0.165 e. The zero-order valence-electron chi connectivity index (χ0n) is 11.9. The summed E-state index contributed by atoms with van der Waals surface area (Å²) >= 11 is 0. The van der Waals surface area contributed by atoms with Crippen molar-refractivity contribution in [1.82, 2.24) is 15.0 Å². The van der Waals surface area contributed by atoms with Gasteiger partial charge in [-0.15, -0.1) is 0 Å². The van der Waals surface area contributed by atoms with Crippen molar-refractivity contribution in [3.8, 4) is 0 Å². The van der Waals surface area contributed by atoms with Crippen molar-refractivity contribution in [1.29, 1.82) is 0 Å².